The molecule has 4 heteroatoms. The fourth-order valence-corrected chi connectivity index (χ4v) is 1.95. The van der Waals surface area contributed by atoms with E-state index in [0.29, 0.717) is 5.56 Å². The average molecular weight is 352 g/mol. The van der Waals surface area contributed by atoms with Crippen LogP contribution in [0.1, 0.15) is 29.0 Å². The van der Waals surface area contributed by atoms with Gasteiger partial charge in [-0.25, -0.2) is 0 Å². The minimum absolute atomic E-state index is 0.0791. The number of rotatable bonds is 3. The highest BCUT2D eigenvalue weighted by molar-refractivity contribution is 14.1. The second-order valence-corrected chi connectivity index (χ2v) is 5.20. The van der Waals surface area contributed by atoms with Gasteiger partial charge in [0.05, 0.1) is 11.7 Å². The quantitative estimate of drug-likeness (QED) is 0.863. The van der Waals surface area contributed by atoms with Crippen molar-refractivity contribution in [1.29, 1.82) is 0 Å². The van der Waals surface area contributed by atoms with Gasteiger partial charge >= 0.3 is 0 Å². The Kier molecular flexibility index (Phi) is 4.30. The van der Waals surface area contributed by atoms with Crippen LogP contribution in [0.15, 0.2) is 48.7 Å². The molecular weight excluding hydrogens is 339 g/mol. The number of hydrogen-bond acceptors (Lipinski definition) is 2. The van der Waals surface area contributed by atoms with Crippen molar-refractivity contribution >= 4 is 28.5 Å². The molecule has 3 nitrogen and oxygen atoms in total. The second kappa shape index (κ2) is 5.95. The van der Waals surface area contributed by atoms with Gasteiger partial charge in [-0.1, -0.05) is 6.07 Å². The molecule has 1 aromatic heterocycles. The van der Waals surface area contributed by atoms with E-state index in [2.05, 4.69) is 32.9 Å². The van der Waals surface area contributed by atoms with Crippen molar-refractivity contribution in [1.82, 2.24) is 10.3 Å². The molecule has 1 atom stereocenters. The lowest BCUT2D eigenvalue weighted by Gasteiger charge is -2.13. The molecule has 1 N–H and O–H groups in total. The first-order valence-corrected chi connectivity index (χ1v) is 6.72. The minimum atomic E-state index is -0.0991. The maximum Gasteiger partial charge on any atom is 0.251 e. The van der Waals surface area contributed by atoms with E-state index >= 15 is 0 Å². The largest absolute Gasteiger partial charge is 0.344 e. The van der Waals surface area contributed by atoms with E-state index in [4.69, 9.17) is 0 Å². The number of nitrogens with zero attached hydrogens (tertiary/aromatic N) is 1. The average Bonchev–Trinajstić information content (AvgIpc) is 2.40. The highest BCUT2D eigenvalue weighted by Crippen LogP contribution is 2.11. The van der Waals surface area contributed by atoms with Crippen LogP contribution in [0.4, 0.5) is 0 Å². The van der Waals surface area contributed by atoms with Crippen LogP contribution < -0.4 is 5.32 Å². The zero-order chi connectivity index (χ0) is 13.0. The van der Waals surface area contributed by atoms with Crippen LogP contribution in [-0.2, 0) is 0 Å². The Labute approximate surface area is 120 Å². The van der Waals surface area contributed by atoms with Crippen LogP contribution in [0, 0.1) is 3.57 Å². The topological polar surface area (TPSA) is 42.0 Å². The third-order valence-corrected chi connectivity index (χ3v) is 3.30. The number of carbonyl (C=O) groups excluding carboxylic acids is 1. The monoisotopic (exact) mass is 352 g/mol. The predicted molar refractivity (Wildman–Crippen MR) is 79.3 cm³/mol. The predicted octanol–water partition coefficient (Wildman–Crippen LogP) is 3.18. The Morgan fingerprint density at radius 3 is 2.56 bits per heavy atom. The van der Waals surface area contributed by atoms with Crippen molar-refractivity contribution in [2.45, 2.75) is 13.0 Å². The normalized spacial score (nSPS) is 11.9. The van der Waals surface area contributed by atoms with Crippen molar-refractivity contribution in [2.24, 2.45) is 0 Å². The number of benzene rings is 1. The summed E-state index contributed by atoms with van der Waals surface area (Å²) in [4.78, 5) is 16.2. The summed E-state index contributed by atoms with van der Waals surface area (Å²) in [6.07, 6.45) is 1.73. The third-order valence-electron chi connectivity index (χ3n) is 2.59. The summed E-state index contributed by atoms with van der Waals surface area (Å²) in [5.74, 6) is -0.0791. The molecule has 0 fully saturated rings. The molecule has 1 amide bonds. The van der Waals surface area contributed by atoms with E-state index < -0.39 is 0 Å². The van der Waals surface area contributed by atoms with Crippen LogP contribution in [0.3, 0.4) is 0 Å². The molecule has 0 saturated carbocycles. The lowest BCUT2D eigenvalue weighted by atomic mass is 10.1. The highest BCUT2D eigenvalue weighted by atomic mass is 127. The number of hydrogen-bond donors (Lipinski definition) is 1. The van der Waals surface area contributed by atoms with E-state index in [0.717, 1.165) is 9.26 Å². The first kappa shape index (κ1) is 13.0. The molecule has 0 saturated heterocycles. The fraction of sp³-hybridized carbons (Fsp3) is 0.143. The Balaban J connectivity index is 2.06. The number of amides is 1. The summed E-state index contributed by atoms with van der Waals surface area (Å²) in [5, 5.41) is 2.93. The lowest BCUT2D eigenvalue weighted by molar-refractivity contribution is 0.0939. The molecule has 0 aliphatic heterocycles. The van der Waals surface area contributed by atoms with Crippen LogP contribution in [0.5, 0.6) is 0 Å². The molecule has 0 aliphatic carbocycles. The molecule has 0 radical (unpaired) electrons. The smallest absolute Gasteiger partial charge is 0.251 e. The Morgan fingerprint density at radius 1 is 1.22 bits per heavy atom. The van der Waals surface area contributed by atoms with Gasteiger partial charge < -0.3 is 5.32 Å². The molecule has 0 bridgehead atoms. The summed E-state index contributed by atoms with van der Waals surface area (Å²) >= 11 is 2.21. The molecule has 0 aliphatic rings. The van der Waals surface area contributed by atoms with Crippen LogP contribution in [-0.4, -0.2) is 10.9 Å². The molecule has 2 aromatic rings. The van der Waals surface area contributed by atoms with Crippen molar-refractivity contribution in [2.75, 3.05) is 0 Å². The SMILES string of the molecule is CC(NC(=O)c1ccc(I)cc1)c1ccccn1. The van der Waals surface area contributed by atoms with Crippen LogP contribution in [0.25, 0.3) is 0 Å². The first-order chi connectivity index (χ1) is 8.66. The van der Waals surface area contributed by atoms with E-state index in [1.165, 1.54) is 0 Å². The van der Waals surface area contributed by atoms with E-state index in [-0.39, 0.29) is 11.9 Å². The molecule has 0 spiro atoms. The summed E-state index contributed by atoms with van der Waals surface area (Å²) in [7, 11) is 0. The van der Waals surface area contributed by atoms with Crippen LogP contribution >= 0.6 is 22.6 Å². The molecular formula is C14H13IN2O. The van der Waals surface area contributed by atoms with E-state index in [9.17, 15) is 4.79 Å². The number of nitrogens with one attached hydrogen (secondary N) is 1. The van der Waals surface area contributed by atoms with Crippen LogP contribution in [0.2, 0.25) is 0 Å². The van der Waals surface area contributed by atoms with Crippen molar-refractivity contribution in [3.63, 3.8) is 0 Å². The van der Waals surface area contributed by atoms with Crippen molar-refractivity contribution in [3.05, 3.63) is 63.5 Å². The zero-order valence-electron chi connectivity index (χ0n) is 9.93. The van der Waals surface area contributed by atoms with Gasteiger partial charge in [-0.05, 0) is 65.9 Å². The molecule has 92 valence electrons. The van der Waals surface area contributed by atoms with E-state index in [1.54, 1.807) is 6.20 Å². The first-order valence-electron chi connectivity index (χ1n) is 5.64. The maximum absolute atomic E-state index is 12.0. The zero-order valence-corrected chi connectivity index (χ0v) is 12.1. The van der Waals surface area contributed by atoms with Gasteiger partial charge in [0.2, 0.25) is 0 Å². The molecule has 2 rings (SSSR count). The van der Waals surface area contributed by atoms with Crippen molar-refractivity contribution in [3.8, 4) is 0 Å². The number of halogens is 1. The van der Waals surface area contributed by atoms with Gasteiger partial charge in [0.15, 0.2) is 0 Å². The summed E-state index contributed by atoms with van der Waals surface area (Å²) in [6, 6.07) is 13.1. The van der Waals surface area contributed by atoms with Crippen molar-refractivity contribution < 1.29 is 4.79 Å². The van der Waals surface area contributed by atoms with Gasteiger partial charge in [0, 0.05) is 15.3 Å². The maximum atomic E-state index is 12.0. The number of aromatic nitrogens is 1. The van der Waals surface area contributed by atoms with Gasteiger partial charge in [0.25, 0.3) is 5.91 Å². The minimum Gasteiger partial charge on any atom is -0.344 e. The van der Waals surface area contributed by atoms with Gasteiger partial charge in [-0.2, -0.15) is 0 Å². The van der Waals surface area contributed by atoms with Gasteiger partial charge in [-0.15, -0.1) is 0 Å². The Bertz CT molecular complexity index is 525. The Morgan fingerprint density at radius 2 is 1.94 bits per heavy atom. The molecule has 1 heterocycles. The molecule has 1 unspecified atom stereocenters. The summed E-state index contributed by atoms with van der Waals surface area (Å²) in [5.41, 5.74) is 1.52. The highest BCUT2D eigenvalue weighted by Gasteiger charge is 2.11. The van der Waals surface area contributed by atoms with Gasteiger partial charge in [0.1, 0.15) is 0 Å². The summed E-state index contributed by atoms with van der Waals surface area (Å²) in [6.45, 7) is 1.92. The summed E-state index contributed by atoms with van der Waals surface area (Å²) < 4.78 is 1.11. The second-order valence-electron chi connectivity index (χ2n) is 3.96. The number of carbonyl (C=O) groups is 1. The Hall–Kier alpha value is -1.43. The third kappa shape index (κ3) is 3.29. The van der Waals surface area contributed by atoms with Gasteiger partial charge in [-0.3, -0.25) is 9.78 Å². The molecule has 1 aromatic carbocycles. The number of pyridine rings is 1. The lowest BCUT2D eigenvalue weighted by Crippen LogP contribution is -2.27. The molecule has 18 heavy (non-hydrogen) atoms. The van der Waals surface area contributed by atoms with E-state index in [1.807, 2.05) is 49.4 Å². The fourth-order valence-electron chi connectivity index (χ4n) is 1.59. The standard InChI is InChI=1S/C14H13IN2O/c1-10(13-4-2-3-9-16-13)17-14(18)11-5-7-12(15)8-6-11/h2-10H,1H3,(H,17,18).